The minimum Gasteiger partial charge on any atom is -0.392 e. The van der Waals surface area contributed by atoms with Crippen LogP contribution in [-0.2, 0) is 38.1 Å². The zero-order valence-corrected chi connectivity index (χ0v) is 18.6. The minimum absolute atomic E-state index is 0. The van der Waals surface area contributed by atoms with Gasteiger partial charge in [0.15, 0.2) is 0 Å². The van der Waals surface area contributed by atoms with Crippen molar-refractivity contribution in [3.05, 3.63) is 65.9 Å². The van der Waals surface area contributed by atoms with Crippen molar-refractivity contribution in [3.8, 4) is 0 Å². The molecule has 1 aromatic rings. The second-order valence-electron chi connectivity index (χ2n) is 7.91. The number of hydrogen-bond acceptors (Lipinski definition) is 1. The van der Waals surface area contributed by atoms with Crippen LogP contribution in [0.2, 0.25) is 0 Å². The maximum absolute atomic E-state index is 10.6. The molecule has 1 fully saturated rings. The summed E-state index contributed by atoms with van der Waals surface area (Å²) in [7, 11) is 0. The molecule has 0 spiro atoms. The molecule has 0 amide bonds. The Morgan fingerprint density at radius 1 is 1.24 bits per heavy atom. The van der Waals surface area contributed by atoms with Crippen LogP contribution in [-0.4, -0.2) is 17.3 Å². The van der Waals surface area contributed by atoms with Crippen LogP contribution in [0.4, 0.5) is 0 Å². The Morgan fingerprint density at radius 3 is 2.40 bits per heavy atom. The summed E-state index contributed by atoms with van der Waals surface area (Å²) in [5.74, 6) is 0.251. The van der Waals surface area contributed by atoms with Crippen molar-refractivity contribution in [1.82, 2.24) is 0 Å². The topological polar surface area (TPSA) is 24.6 Å². The van der Waals surface area contributed by atoms with Gasteiger partial charge in [-0.3, -0.25) is 0 Å². The fraction of sp³-hybridized carbons (Fsp3) is 0.545. The minimum atomic E-state index is -0.421. The molecule has 0 bridgehead atoms. The molecule has 2 rings (SSSR count). The first-order valence-electron chi connectivity index (χ1n) is 8.97. The van der Waals surface area contributed by atoms with Crippen LogP contribution >= 0.6 is 0 Å². The van der Waals surface area contributed by atoms with Crippen molar-refractivity contribution >= 4 is 0 Å². The molecule has 0 aliphatic heterocycles. The zero-order chi connectivity index (χ0) is 17.7. The SMILES string of the molecule is [C-]#[N+][C@@H]1C[C@@H](O)C(c2ccc(C(C)(C)C)cc2)C1C/C=C\CC[CH2-].[Y]. The van der Waals surface area contributed by atoms with Gasteiger partial charge in [0.1, 0.15) is 0 Å². The summed E-state index contributed by atoms with van der Waals surface area (Å²) in [6, 6.07) is 8.55. The fourth-order valence-corrected chi connectivity index (χ4v) is 3.71. The summed E-state index contributed by atoms with van der Waals surface area (Å²) in [4.78, 5) is 3.79. The maximum atomic E-state index is 10.6. The van der Waals surface area contributed by atoms with Crippen LogP contribution in [0.25, 0.3) is 4.85 Å². The quantitative estimate of drug-likeness (QED) is 0.515. The van der Waals surface area contributed by atoms with Gasteiger partial charge < -0.3 is 16.9 Å². The standard InChI is InChI=1S/C22H30NO.Y/c1-6-7-8-9-10-18-19(23-5)15-20(24)21(18)16-11-13-17(14-12-16)22(2,3)4;/h8-9,11-14,18-21,24H,1,6-7,10,15H2,2-4H3;/q-1;/b9-8-;/t18?,19-,20-,21?;/m1./s1. The molecule has 1 N–H and O–H groups in total. The van der Waals surface area contributed by atoms with Crippen LogP contribution in [0.15, 0.2) is 36.4 Å². The van der Waals surface area contributed by atoms with Crippen LogP contribution in [0.5, 0.6) is 0 Å². The molecule has 25 heavy (non-hydrogen) atoms. The van der Waals surface area contributed by atoms with Crippen molar-refractivity contribution in [3.63, 3.8) is 0 Å². The van der Waals surface area contributed by atoms with E-state index in [1.807, 2.05) is 0 Å². The van der Waals surface area contributed by atoms with Crippen molar-refractivity contribution < 1.29 is 37.8 Å². The van der Waals surface area contributed by atoms with Crippen LogP contribution in [0, 0.1) is 19.4 Å². The van der Waals surface area contributed by atoms with E-state index in [2.05, 4.69) is 69.0 Å². The number of allylic oxidation sites excluding steroid dienone is 2. The number of aliphatic hydroxyl groups is 1. The molecule has 1 saturated carbocycles. The monoisotopic (exact) mass is 413 g/mol. The van der Waals surface area contributed by atoms with E-state index in [9.17, 15) is 5.11 Å². The second kappa shape index (κ2) is 10.0. The molecular formula is C22H30NOY-. The zero-order valence-electron chi connectivity index (χ0n) is 15.8. The van der Waals surface area contributed by atoms with E-state index in [4.69, 9.17) is 6.57 Å². The van der Waals surface area contributed by atoms with E-state index in [0.717, 1.165) is 24.8 Å². The van der Waals surface area contributed by atoms with E-state index in [0.29, 0.717) is 6.42 Å². The molecule has 133 valence electrons. The predicted molar refractivity (Wildman–Crippen MR) is 101 cm³/mol. The predicted octanol–water partition coefficient (Wildman–Crippen LogP) is 5.29. The van der Waals surface area contributed by atoms with E-state index >= 15 is 0 Å². The molecule has 0 saturated heterocycles. The molecule has 1 aliphatic carbocycles. The van der Waals surface area contributed by atoms with E-state index in [-0.39, 0.29) is 56.0 Å². The molecule has 4 atom stereocenters. The maximum Gasteiger partial charge on any atom is 0.230 e. The van der Waals surface area contributed by atoms with Gasteiger partial charge >= 0.3 is 0 Å². The summed E-state index contributed by atoms with van der Waals surface area (Å²) >= 11 is 0. The van der Waals surface area contributed by atoms with Gasteiger partial charge in [0.2, 0.25) is 6.04 Å². The number of rotatable bonds is 5. The van der Waals surface area contributed by atoms with Crippen molar-refractivity contribution in [2.75, 3.05) is 0 Å². The molecule has 0 aromatic heterocycles. The summed E-state index contributed by atoms with van der Waals surface area (Å²) < 4.78 is 0. The molecule has 1 aliphatic rings. The molecule has 2 unspecified atom stereocenters. The number of aliphatic hydroxyl groups excluding tert-OH is 1. The van der Waals surface area contributed by atoms with E-state index in [1.165, 1.54) is 5.56 Å². The van der Waals surface area contributed by atoms with Gasteiger partial charge in [0.05, 0.1) is 6.10 Å². The fourth-order valence-electron chi connectivity index (χ4n) is 3.71. The van der Waals surface area contributed by atoms with Gasteiger partial charge in [-0.1, -0.05) is 63.6 Å². The van der Waals surface area contributed by atoms with Gasteiger partial charge in [-0.15, -0.1) is 0 Å². The van der Waals surface area contributed by atoms with Gasteiger partial charge in [-0.05, 0) is 23.0 Å². The Bertz CT molecular complexity index is 594. The van der Waals surface area contributed by atoms with Gasteiger partial charge in [0, 0.05) is 51.0 Å². The number of benzene rings is 1. The van der Waals surface area contributed by atoms with Crippen LogP contribution in [0.3, 0.4) is 0 Å². The average Bonchev–Trinajstić information content (AvgIpc) is 2.86. The van der Waals surface area contributed by atoms with Crippen molar-refractivity contribution in [1.29, 1.82) is 0 Å². The smallest absolute Gasteiger partial charge is 0.230 e. The number of nitrogens with zero attached hydrogens (tertiary/aromatic N) is 1. The van der Waals surface area contributed by atoms with Gasteiger partial charge in [-0.25, -0.2) is 6.57 Å². The third-order valence-electron chi connectivity index (χ3n) is 5.13. The first kappa shape index (κ1) is 22.6. The molecule has 3 heteroatoms. The van der Waals surface area contributed by atoms with Gasteiger partial charge in [0.25, 0.3) is 0 Å². The van der Waals surface area contributed by atoms with Crippen molar-refractivity contribution in [2.45, 2.75) is 69.9 Å². The van der Waals surface area contributed by atoms with Crippen molar-refractivity contribution in [2.24, 2.45) is 5.92 Å². The number of hydrogen-bond donors (Lipinski definition) is 1. The first-order valence-corrected chi connectivity index (χ1v) is 8.97. The summed E-state index contributed by atoms with van der Waals surface area (Å²) in [6.45, 7) is 18.0. The molecule has 1 radical (unpaired) electrons. The normalized spacial score (nSPS) is 26.4. The molecule has 1 aromatic carbocycles. The largest absolute Gasteiger partial charge is 0.392 e. The molecule has 2 nitrogen and oxygen atoms in total. The Kier molecular flexibility index (Phi) is 9.03. The Hall–Kier alpha value is -0.486. The van der Waals surface area contributed by atoms with E-state index in [1.54, 1.807) is 0 Å². The molecule has 0 heterocycles. The third kappa shape index (κ3) is 5.75. The third-order valence-corrected chi connectivity index (χ3v) is 5.13. The summed E-state index contributed by atoms with van der Waals surface area (Å²) in [5, 5.41) is 10.6. The Morgan fingerprint density at radius 2 is 1.88 bits per heavy atom. The van der Waals surface area contributed by atoms with Gasteiger partial charge in [-0.2, -0.15) is 6.42 Å². The number of unbranched alkanes of at least 4 members (excludes halogenated alkanes) is 1. The Labute approximate surface area is 178 Å². The first-order chi connectivity index (χ1) is 11.4. The van der Waals surface area contributed by atoms with E-state index < -0.39 is 6.10 Å². The van der Waals surface area contributed by atoms with Crippen LogP contribution in [0.1, 0.15) is 63.5 Å². The average molecular weight is 413 g/mol. The Balaban J connectivity index is 0.00000312. The van der Waals surface area contributed by atoms with Crippen LogP contribution < -0.4 is 0 Å². The summed E-state index contributed by atoms with van der Waals surface area (Å²) in [6.07, 6.45) is 7.21. The second-order valence-corrected chi connectivity index (χ2v) is 7.91. The molecular weight excluding hydrogens is 383 g/mol. The summed E-state index contributed by atoms with van der Waals surface area (Å²) in [5.41, 5.74) is 2.59.